The average Bonchev–Trinajstić information content (AvgIpc) is 2.15. The third-order valence-corrected chi connectivity index (χ3v) is 2.31. The molecule has 0 unspecified atom stereocenters. The lowest BCUT2D eigenvalue weighted by molar-refractivity contribution is 0.408. The van der Waals surface area contributed by atoms with E-state index in [4.69, 9.17) is 4.74 Å². The van der Waals surface area contributed by atoms with E-state index >= 15 is 0 Å². The molecule has 0 aliphatic carbocycles. The van der Waals surface area contributed by atoms with E-state index < -0.39 is 0 Å². The highest BCUT2D eigenvalue weighted by molar-refractivity contribution is 5.85. The fourth-order valence-electron chi connectivity index (χ4n) is 1.45. The van der Waals surface area contributed by atoms with E-state index in [2.05, 4.69) is 38.1 Å². The topological polar surface area (TPSA) is 12.5 Å². The zero-order valence-corrected chi connectivity index (χ0v) is 10.7. The first-order chi connectivity index (χ1) is 6.63. The van der Waals surface area contributed by atoms with Gasteiger partial charge in [-0.2, -0.15) is 0 Å². The molecule has 0 atom stereocenters. The summed E-state index contributed by atoms with van der Waals surface area (Å²) in [4.78, 5) is 2.19. The third-order valence-electron chi connectivity index (χ3n) is 2.31. The summed E-state index contributed by atoms with van der Waals surface area (Å²) < 4.78 is 5.22. The zero-order chi connectivity index (χ0) is 10.6. The number of aryl methyl sites for hydroxylation is 1. The van der Waals surface area contributed by atoms with E-state index in [1.165, 1.54) is 11.1 Å². The van der Waals surface area contributed by atoms with E-state index in [0.717, 1.165) is 18.7 Å². The highest BCUT2D eigenvalue weighted by Gasteiger charge is 2.00. The Kier molecular flexibility index (Phi) is 6.37. The summed E-state index contributed by atoms with van der Waals surface area (Å²) >= 11 is 0. The molecule has 0 aromatic heterocycles. The molecule has 1 rings (SSSR count). The second kappa shape index (κ2) is 6.70. The van der Waals surface area contributed by atoms with Crippen LogP contribution in [0.25, 0.3) is 0 Å². The molecule has 0 saturated heterocycles. The van der Waals surface area contributed by atoms with E-state index in [9.17, 15) is 0 Å². The minimum absolute atomic E-state index is 0. The van der Waals surface area contributed by atoms with Crippen molar-refractivity contribution in [3.8, 4) is 5.75 Å². The first-order valence-electron chi connectivity index (χ1n) is 4.91. The largest absolute Gasteiger partial charge is 0.496 e. The van der Waals surface area contributed by atoms with Gasteiger partial charge in [0.05, 0.1) is 7.11 Å². The molecular formula is C12H20ClNO. The summed E-state index contributed by atoms with van der Waals surface area (Å²) in [5, 5.41) is 0. The Morgan fingerprint density at radius 1 is 1.27 bits per heavy atom. The Labute approximate surface area is 98.6 Å². The van der Waals surface area contributed by atoms with Gasteiger partial charge >= 0.3 is 0 Å². The molecule has 15 heavy (non-hydrogen) atoms. The molecule has 86 valence electrons. The Bertz CT molecular complexity index is 300. The molecule has 0 heterocycles. The van der Waals surface area contributed by atoms with Crippen molar-refractivity contribution in [3.05, 3.63) is 29.3 Å². The van der Waals surface area contributed by atoms with Crippen LogP contribution in [0.4, 0.5) is 0 Å². The van der Waals surface area contributed by atoms with Gasteiger partial charge < -0.3 is 9.64 Å². The van der Waals surface area contributed by atoms with Crippen molar-refractivity contribution < 1.29 is 4.74 Å². The normalized spacial score (nSPS) is 9.93. The second-order valence-corrected chi connectivity index (χ2v) is 3.86. The first kappa shape index (κ1) is 14.3. The van der Waals surface area contributed by atoms with Crippen molar-refractivity contribution >= 4 is 12.4 Å². The maximum Gasteiger partial charge on any atom is 0.121 e. The quantitative estimate of drug-likeness (QED) is 0.787. The molecule has 1 aromatic carbocycles. The predicted molar refractivity (Wildman–Crippen MR) is 67.2 cm³/mol. The van der Waals surface area contributed by atoms with Crippen molar-refractivity contribution in [1.29, 1.82) is 0 Å². The maximum absolute atomic E-state index is 5.22. The molecule has 0 spiro atoms. The lowest BCUT2D eigenvalue weighted by Gasteiger charge is -2.11. The molecule has 0 fully saturated rings. The first-order valence-corrected chi connectivity index (χ1v) is 4.91. The van der Waals surface area contributed by atoms with Gasteiger partial charge in [-0.3, -0.25) is 0 Å². The van der Waals surface area contributed by atoms with Gasteiger partial charge in [-0.1, -0.05) is 12.1 Å². The van der Waals surface area contributed by atoms with Crippen molar-refractivity contribution in [2.24, 2.45) is 0 Å². The van der Waals surface area contributed by atoms with Gasteiger partial charge in [-0.15, -0.1) is 12.4 Å². The van der Waals surface area contributed by atoms with Crippen LogP contribution in [0, 0.1) is 6.92 Å². The SMILES string of the molecule is COc1ccc(CCN(C)C)cc1C.Cl. The van der Waals surface area contributed by atoms with Gasteiger partial charge in [0.15, 0.2) is 0 Å². The molecular weight excluding hydrogens is 210 g/mol. The number of likely N-dealkylation sites (N-methyl/N-ethyl adjacent to an activating group) is 1. The zero-order valence-electron chi connectivity index (χ0n) is 9.91. The molecule has 0 bridgehead atoms. The van der Waals surface area contributed by atoms with Crippen LogP contribution in [0.3, 0.4) is 0 Å². The Hall–Kier alpha value is -0.730. The molecule has 0 aliphatic heterocycles. The molecule has 0 N–H and O–H groups in total. The fourth-order valence-corrected chi connectivity index (χ4v) is 1.45. The number of rotatable bonds is 4. The van der Waals surface area contributed by atoms with Crippen molar-refractivity contribution in [2.45, 2.75) is 13.3 Å². The summed E-state index contributed by atoms with van der Waals surface area (Å²) in [7, 11) is 5.90. The highest BCUT2D eigenvalue weighted by Crippen LogP contribution is 2.18. The van der Waals surface area contributed by atoms with Crippen LogP contribution in [0.1, 0.15) is 11.1 Å². The van der Waals surface area contributed by atoms with Crippen LogP contribution in [0.5, 0.6) is 5.75 Å². The molecule has 2 nitrogen and oxygen atoms in total. The summed E-state index contributed by atoms with van der Waals surface area (Å²) in [6, 6.07) is 6.37. The van der Waals surface area contributed by atoms with E-state index in [1.807, 2.05) is 6.07 Å². The van der Waals surface area contributed by atoms with E-state index in [0.29, 0.717) is 0 Å². The van der Waals surface area contributed by atoms with Crippen molar-refractivity contribution in [3.63, 3.8) is 0 Å². The number of nitrogens with zero attached hydrogens (tertiary/aromatic N) is 1. The van der Waals surface area contributed by atoms with Crippen LogP contribution in [-0.2, 0) is 6.42 Å². The number of ether oxygens (including phenoxy) is 1. The fraction of sp³-hybridized carbons (Fsp3) is 0.500. The van der Waals surface area contributed by atoms with Crippen LogP contribution in [0.15, 0.2) is 18.2 Å². The van der Waals surface area contributed by atoms with Gasteiger partial charge in [-0.25, -0.2) is 0 Å². The molecule has 1 aromatic rings. The molecule has 0 amide bonds. The van der Waals surface area contributed by atoms with Gasteiger partial charge in [0.2, 0.25) is 0 Å². The summed E-state index contributed by atoms with van der Waals surface area (Å²) in [5.74, 6) is 0.971. The predicted octanol–water partition coefficient (Wildman–Crippen LogP) is 2.53. The molecule has 0 aliphatic rings. The standard InChI is InChI=1S/C12H19NO.ClH/c1-10-9-11(7-8-13(2)3)5-6-12(10)14-4;/h5-6,9H,7-8H2,1-4H3;1H. The summed E-state index contributed by atoms with van der Waals surface area (Å²) in [5.41, 5.74) is 2.58. The van der Waals surface area contributed by atoms with Crippen molar-refractivity contribution in [2.75, 3.05) is 27.7 Å². The summed E-state index contributed by atoms with van der Waals surface area (Å²) in [6.45, 7) is 3.17. The maximum atomic E-state index is 5.22. The molecule has 0 saturated carbocycles. The number of hydrogen-bond acceptors (Lipinski definition) is 2. The number of methoxy groups -OCH3 is 1. The van der Waals surface area contributed by atoms with E-state index in [-0.39, 0.29) is 12.4 Å². The van der Waals surface area contributed by atoms with Crippen molar-refractivity contribution in [1.82, 2.24) is 4.90 Å². The lowest BCUT2D eigenvalue weighted by atomic mass is 10.1. The second-order valence-electron chi connectivity index (χ2n) is 3.86. The third kappa shape index (κ3) is 4.54. The summed E-state index contributed by atoms with van der Waals surface area (Å²) in [6.07, 6.45) is 1.10. The smallest absolute Gasteiger partial charge is 0.121 e. The van der Waals surface area contributed by atoms with Gasteiger partial charge in [0.1, 0.15) is 5.75 Å². The van der Waals surface area contributed by atoms with Crippen LogP contribution >= 0.6 is 12.4 Å². The van der Waals surface area contributed by atoms with Crippen LogP contribution in [-0.4, -0.2) is 32.6 Å². The lowest BCUT2D eigenvalue weighted by Crippen LogP contribution is -2.15. The average molecular weight is 230 g/mol. The highest BCUT2D eigenvalue weighted by atomic mass is 35.5. The van der Waals surface area contributed by atoms with Gasteiger partial charge in [0.25, 0.3) is 0 Å². The minimum Gasteiger partial charge on any atom is -0.496 e. The molecule has 0 radical (unpaired) electrons. The number of hydrogen-bond donors (Lipinski definition) is 0. The Balaban J connectivity index is 0.00000196. The number of halogens is 1. The van der Waals surface area contributed by atoms with Crippen LogP contribution < -0.4 is 4.74 Å². The molecule has 3 heteroatoms. The van der Waals surface area contributed by atoms with Gasteiger partial charge in [0, 0.05) is 6.54 Å². The monoisotopic (exact) mass is 229 g/mol. The Morgan fingerprint density at radius 2 is 1.93 bits per heavy atom. The minimum atomic E-state index is 0. The van der Waals surface area contributed by atoms with Gasteiger partial charge in [-0.05, 0) is 44.6 Å². The Morgan fingerprint density at radius 3 is 2.40 bits per heavy atom. The van der Waals surface area contributed by atoms with E-state index in [1.54, 1.807) is 7.11 Å². The number of benzene rings is 1. The van der Waals surface area contributed by atoms with Crippen LogP contribution in [0.2, 0.25) is 0 Å².